The van der Waals surface area contributed by atoms with E-state index < -0.39 is 5.97 Å². The molecule has 4 heteroatoms. The first-order chi connectivity index (χ1) is 7.63. The van der Waals surface area contributed by atoms with E-state index in [9.17, 15) is 4.79 Å². The standard InChI is InChI=1S/C12H17NO3/c1-3-4-9(2)16-8-10-5-6-13-11(7-10)12(14)15/h5-7,9H,3-4,8H2,1-2H3,(H,14,15). The summed E-state index contributed by atoms with van der Waals surface area (Å²) in [5.41, 5.74) is 0.902. The lowest BCUT2D eigenvalue weighted by molar-refractivity contribution is 0.0470. The SMILES string of the molecule is CCCC(C)OCc1ccnc(C(=O)O)c1. The summed E-state index contributed by atoms with van der Waals surface area (Å²) >= 11 is 0. The molecule has 0 bridgehead atoms. The van der Waals surface area contributed by atoms with Crippen LogP contribution in [0.15, 0.2) is 18.3 Å². The fraction of sp³-hybridized carbons (Fsp3) is 0.500. The summed E-state index contributed by atoms with van der Waals surface area (Å²) in [5, 5.41) is 8.77. The van der Waals surface area contributed by atoms with Gasteiger partial charge in [0.2, 0.25) is 0 Å². The van der Waals surface area contributed by atoms with Gasteiger partial charge in [-0.1, -0.05) is 13.3 Å². The summed E-state index contributed by atoms with van der Waals surface area (Å²) in [6, 6.07) is 3.31. The van der Waals surface area contributed by atoms with Crippen LogP contribution >= 0.6 is 0 Å². The first-order valence-corrected chi connectivity index (χ1v) is 5.43. The van der Waals surface area contributed by atoms with Crippen LogP contribution in [0.25, 0.3) is 0 Å². The molecule has 0 aromatic carbocycles. The van der Waals surface area contributed by atoms with Gasteiger partial charge in [0.1, 0.15) is 5.69 Å². The molecule has 0 aliphatic heterocycles. The molecule has 1 unspecified atom stereocenters. The molecule has 0 spiro atoms. The molecule has 0 fully saturated rings. The monoisotopic (exact) mass is 223 g/mol. The second kappa shape index (κ2) is 6.23. The molecule has 1 N–H and O–H groups in total. The summed E-state index contributed by atoms with van der Waals surface area (Å²) in [6.07, 6.45) is 3.79. The largest absolute Gasteiger partial charge is 0.477 e. The summed E-state index contributed by atoms with van der Waals surface area (Å²) < 4.78 is 5.58. The third-order valence-corrected chi connectivity index (χ3v) is 2.27. The molecule has 0 aliphatic rings. The Balaban J connectivity index is 2.54. The van der Waals surface area contributed by atoms with E-state index in [4.69, 9.17) is 9.84 Å². The zero-order valence-corrected chi connectivity index (χ0v) is 9.64. The zero-order valence-electron chi connectivity index (χ0n) is 9.64. The number of carboxylic acids is 1. The van der Waals surface area contributed by atoms with E-state index in [1.165, 1.54) is 6.20 Å². The maximum atomic E-state index is 10.7. The number of carboxylic acid groups (broad SMARTS) is 1. The van der Waals surface area contributed by atoms with Crippen LogP contribution in [-0.2, 0) is 11.3 Å². The highest BCUT2D eigenvalue weighted by molar-refractivity contribution is 5.85. The molecule has 0 amide bonds. The molecule has 1 aromatic rings. The van der Waals surface area contributed by atoms with E-state index in [2.05, 4.69) is 11.9 Å². The molecule has 0 radical (unpaired) electrons. The number of aromatic nitrogens is 1. The molecular weight excluding hydrogens is 206 g/mol. The van der Waals surface area contributed by atoms with Gasteiger partial charge in [-0.05, 0) is 31.0 Å². The van der Waals surface area contributed by atoms with Crippen LogP contribution in [0.2, 0.25) is 0 Å². The number of rotatable bonds is 6. The Bertz CT molecular complexity index is 352. The molecule has 1 aromatic heterocycles. The molecule has 1 heterocycles. The van der Waals surface area contributed by atoms with Crippen LogP contribution < -0.4 is 0 Å². The highest BCUT2D eigenvalue weighted by Gasteiger charge is 2.06. The average Bonchev–Trinajstić information content (AvgIpc) is 2.27. The van der Waals surface area contributed by atoms with E-state index in [1.807, 2.05) is 6.92 Å². The van der Waals surface area contributed by atoms with Gasteiger partial charge in [-0.3, -0.25) is 0 Å². The van der Waals surface area contributed by atoms with E-state index >= 15 is 0 Å². The van der Waals surface area contributed by atoms with Crippen LogP contribution in [0.3, 0.4) is 0 Å². The fourth-order valence-electron chi connectivity index (χ4n) is 1.41. The molecule has 1 atom stereocenters. The lowest BCUT2D eigenvalue weighted by atomic mass is 10.2. The summed E-state index contributed by atoms with van der Waals surface area (Å²) in [7, 11) is 0. The van der Waals surface area contributed by atoms with Crippen molar-refractivity contribution in [3.63, 3.8) is 0 Å². The van der Waals surface area contributed by atoms with Crippen molar-refractivity contribution >= 4 is 5.97 Å². The second-order valence-corrected chi connectivity index (χ2v) is 3.76. The van der Waals surface area contributed by atoms with Crippen LogP contribution in [0.5, 0.6) is 0 Å². The molecule has 1 rings (SSSR count). The predicted octanol–water partition coefficient (Wildman–Crippen LogP) is 2.49. The van der Waals surface area contributed by atoms with Crippen molar-refractivity contribution in [1.29, 1.82) is 0 Å². The zero-order chi connectivity index (χ0) is 12.0. The summed E-state index contributed by atoms with van der Waals surface area (Å²) in [4.78, 5) is 14.4. The Morgan fingerprint density at radius 1 is 1.62 bits per heavy atom. The second-order valence-electron chi connectivity index (χ2n) is 3.76. The van der Waals surface area contributed by atoms with Crippen LogP contribution in [0.1, 0.15) is 42.7 Å². The minimum absolute atomic E-state index is 0.0595. The Morgan fingerprint density at radius 2 is 2.38 bits per heavy atom. The Hall–Kier alpha value is -1.42. The normalized spacial score (nSPS) is 12.4. The Morgan fingerprint density at radius 3 is 3.00 bits per heavy atom. The van der Waals surface area contributed by atoms with Gasteiger partial charge in [-0.2, -0.15) is 0 Å². The maximum Gasteiger partial charge on any atom is 0.354 e. The third kappa shape index (κ3) is 3.98. The molecule has 88 valence electrons. The Kier molecular flexibility index (Phi) is 4.92. The van der Waals surface area contributed by atoms with Gasteiger partial charge in [0.15, 0.2) is 0 Å². The van der Waals surface area contributed by atoms with Crippen molar-refractivity contribution < 1.29 is 14.6 Å². The molecule has 4 nitrogen and oxygen atoms in total. The number of nitrogens with zero attached hydrogens (tertiary/aromatic N) is 1. The summed E-state index contributed by atoms with van der Waals surface area (Å²) in [6.45, 7) is 4.56. The lowest BCUT2D eigenvalue weighted by Crippen LogP contribution is -2.08. The van der Waals surface area contributed by atoms with Crippen LogP contribution in [0.4, 0.5) is 0 Å². The quantitative estimate of drug-likeness (QED) is 0.804. The summed E-state index contributed by atoms with van der Waals surface area (Å²) in [5.74, 6) is -1.01. The van der Waals surface area contributed by atoms with Crippen molar-refractivity contribution in [3.05, 3.63) is 29.6 Å². The number of aromatic carboxylic acids is 1. The van der Waals surface area contributed by atoms with Crippen molar-refractivity contribution in [2.24, 2.45) is 0 Å². The molecule has 0 aliphatic carbocycles. The third-order valence-electron chi connectivity index (χ3n) is 2.27. The van der Waals surface area contributed by atoms with Gasteiger partial charge < -0.3 is 9.84 Å². The first kappa shape index (κ1) is 12.6. The molecule has 16 heavy (non-hydrogen) atoms. The number of carbonyl (C=O) groups is 1. The van der Waals surface area contributed by atoms with Gasteiger partial charge in [-0.15, -0.1) is 0 Å². The van der Waals surface area contributed by atoms with Crippen molar-refractivity contribution in [2.45, 2.75) is 39.4 Å². The fourth-order valence-corrected chi connectivity index (χ4v) is 1.41. The van der Waals surface area contributed by atoms with E-state index in [1.54, 1.807) is 12.1 Å². The average molecular weight is 223 g/mol. The minimum atomic E-state index is -1.01. The van der Waals surface area contributed by atoms with Gasteiger partial charge >= 0.3 is 5.97 Å². The smallest absolute Gasteiger partial charge is 0.354 e. The maximum absolute atomic E-state index is 10.7. The van der Waals surface area contributed by atoms with Crippen molar-refractivity contribution in [1.82, 2.24) is 4.98 Å². The van der Waals surface area contributed by atoms with Gasteiger partial charge in [0.25, 0.3) is 0 Å². The van der Waals surface area contributed by atoms with E-state index in [0.717, 1.165) is 18.4 Å². The minimum Gasteiger partial charge on any atom is -0.477 e. The Labute approximate surface area is 95.3 Å². The van der Waals surface area contributed by atoms with Gasteiger partial charge in [0.05, 0.1) is 12.7 Å². The number of hydrogen-bond donors (Lipinski definition) is 1. The number of pyridine rings is 1. The molecule has 0 saturated heterocycles. The van der Waals surface area contributed by atoms with Crippen LogP contribution in [-0.4, -0.2) is 22.2 Å². The van der Waals surface area contributed by atoms with E-state index in [-0.39, 0.29) is 11.8 Å². The van der Waals surface area contributed by atoms with Crippen LogP contribution in [0, 0.1) is 0 Å². The highest BCUT2D eigenvalue weighted by atomic mass is 16.5. The molecular formula is C12H17NO3. The van der Waals surface area contributed by atoms with E-state index in [0.29, 0.717) is 6.61 Å². The highest BCUT2D eigenvalue weighted by Crippen LogP contribution is 2.08. The van der Waals surface area contributed by atoms with Crippen molar-refractivity contribution in [2.75, 3.05) is 0 Å². The number of hydrogen-bond acceptors (Lipinski definition) is 3. The first-order valence-electron chi connectivity index (χ1n) is 5.43. The van der Waals surface area contributed by atoms with Crippen molar-refractivity contribution in [3.8, 4) is 0 Å². The number of ether oxygens (including phenoxy) is 1. The predicted molar refractivity (Wildman–Crippen MR) is 60.4 cm³/mol. The molecule has 0 saturated carbocycles. The topological polar surface area (TPSA) is 59.4 Å². The van der Waals surface area contributed by atoms with Gasteiger partial charge in [-0.25, -0.2) is 9.78 Å². The lowest BCUT2D eigenvalue weighted by Gasteiger charge is -2.11. The van der Waals surface area contributed by atoms with Gasteiger partial charge in [0, 0.05) is 6.20 Å².